The highest BCUT2D eigenvalue weighted by Crippen LogP contribution is 2.17. The second-order valence-electron chi connectivity index (χ2n) is 7.67. The number of rotatable bonds is 15. The van der Waals surface area contributed by atoms with E-state index in [2.05, 4.69) is 0 Å². The molecule has 240 valence electrons. The summed E-state index contributed by atoms with van der Waals surface area (Å²) in [4.78, 5) is 100. The van der Waals surface area contributed by atoms with E-state index in [1.54, 1.807) is 0 Å². The first kappa shape index (κ1) is 43.8. The van der Waals surface area contributed by atoms with Crippen molar-refractivity contribution in [1.82, 2.24) is 0 Å². The van der Waals surface area contributed by atoms with Crippen molar-refractivity contribution in [3.8, 4) is 0 Å². The standard InChI is InChI=1S/3C6H8O7.C2H4O/c3*7-3(8)1-6(13,5(11)12)2-4(9)10;1-2-3/h3*13H,1-2H2,(H,7,8)(H,9,10)(H,11,12);2H,1H3. The Morgan fingerprint density at radius 1 is 0.405 bits per heavy atom. The molecule has 22 nitrogen and oxygen atoms in total. The average molecular weight is 620 g/mol. The molecule has 0 aliphatic carbocycles. The first-order valence-electron chi connectivity index (χ1n) is 10.3. The molecule has 0 aromatic rings. The fourth-order valence-corrected chi connectivity index (χ4v) is 2.14. The molecule has 12 N–H and O–H groups in total. The Balaban J connectivity index is -0.000000246. The number of aldehydes is 1. The number of aliphatic hydroxyl groups is 3. The molecule has 0 heterocycles. The smallest absolute Gasteiger partial charge is 0.336 e. The molecule has 0 spiro atoms. The molecule has 0 radical (unpaired) electrons. The summed E-state index contributed by atoms with van der Waals surface area (Å²) in [6.07, 6.45) is -6.12. The van der Waals surface area contributed by atoms with Gasteiger partial charge in [0.05, 0.1) is 38.5 Å². The third-order valence-corrected chi connectivity index (χ3v) is 3.86. The molecule has 0 saturated carbocycles. The van der Waals surface area contributed by atoms with Crippen LogP contribution in [0, 0.1) is 0 Å². The van der Waals surface area contributed by atoms with Gasteiger partial charge in [-0.05, 0) is 6.92 Å². The second kappa shape index (κ2) is 19.8. The highest BCUT2D eigenvalue weighted by molar-refractivity contribution is 5.89. The second-order valence-corrected chi connectivity index (χ2v) is 7.67. The molecular weight excluding hydrogens is 592 g/mol. The van der Waals surface area contributed by atoms with Gasteiger partial charge >= 0.3 is 53.7 Å². The van der Waals surface area contributed by atoms with E-state index in [9.17, 15) is 43.2 Å². The van der Waals surface area contributed by atoms with Crippen molar-refractivity contribution in [3.63, 3.8) is 0 Å². The number of aliphatic carboxylic acids is 9. The number of hydrogen-bond acceptors (Lipinski definition) is 13. The highest BCUT2D eigenvalue weighted by atomic mass is 16.4. The van der Waals surface area contributed by atoms with E-state index in [1.807, 2.05) is 0 Å². The van der Waals surface area contributed by atoms with Gasteiger partial charge in [0.15, 0.2) is 16.8 Å². The number of hydrogen-bond donors (Lipinski definition) is 12. The van der Waals surface area contributed by atoms with Crippen LogP contribution in [0.5, 0.6) is 0 Å². The zero-order valence-electron chi connectivity index (χ0n) is 21.3. The molecule has 0 aliphatic rings. The zero-order chi connectivity index (χ0) is 34.6. The molecule has 22 heteroatoms. The Labute approximate surface area is 232 Å². The normalized spacial score (nSPS) is 10.4. The van der Waals surface area contributed by atoms with Crippen molar-refractivity contribution < 1.29 is 109 Å². The molecule has 0 unspecified atom stereocenters. The topological polar surface area (TPSA) is 413 Å². The fourth-order valence-electron chi connectivity index (χ4n) is 2.14. The fraction of sp³-hybridized carbons (Fsp3) is 0.500. The minimum atomic E-state index is -2.74. The van der Waals surface area contributed by atoms with E-state index < -0.39 is 109 Å². The Morgan fingerprint density at radius 2 is 0.500 bits per heavy atom. The Morgan fingerprint density at radius 3 is 0.548 bits per heavy atom. The lowest BCUT2D eigenvalue weighted by Gasteiger charge is -2.18. The van der Waals surface area contributed by atoms with E-state index in [-0.39, 0.29) is 0 Å². The molecule has 0 fully saturated rings. The van der Waals surface area contributed by atoms with Gasteiger partial charge < -0.3 is 66.1 Å². The SMILES string of the molecule is CC=O.O=C(O)CC(O)(CC(=O)O)C(=O)O.O=C(O)CC(O)(CC(=O)O)C(=O)O.O=C(O)CC(O)(CC(=O)O)C(=O)O. The van der Waals surface area contributed by atoms with Gasteiger partial charge in [0, 0.05) is 0 Å². The van der Waals surface area contributed by atoms with Crippen molar-refractivity contribution >= 4 is 60.0 Å². The van der Waals surface area contributed by atoms with Gasteiger partial charge in [0.1, 0.15) is 6.29 Å². The van der Waals surface area contributed by atoms with Crippen molar-refractivity contribution in [2.24, 2.45) is 0 Å². The van der Waals surface area contributed by atoms with E-state index in [0.29, 0.717) is 0 Å². The van der Waals surface area contributed by atoms with Crippen LogP contribution >= 0.6 is 0 Å². The summed E-state index contributed by atoms with van der Waals surface area (Å²) in [6, 6.07) is 0. The molecular formula is C20H28O22. The Kier molecular flexibility index (Phi) is 20.6. The first-order chi connectivity index (χ1) is 18.7. The molecule has 0 saturated heterocycles. The quantitative estimate of drug-likeness (QED) is 0.0788. The zero-order valence-corrected chi connectivity index (χ0v) is 21.3. The maximum Gasteiger partial charge on any atom is 0.336 e. The van der Waals surface area contributed by atoms with Gasteiger partial charge in [0.2, 0.25) is 0 Å². The minimum Gasteiger partial charge on any atom is -0.481 e. The summed E-state index contributed by atoms with van der Waals surface area (Å²) in [6.45, 7) is 1.44. The summed E-state index contributed by atoms with van der Waals surface area (Å²) in [7, 11) is 0. The summed E-state index contributed by atoms with van der Waals surface area (Å²) in [5.74, 6) is -15.1. The maximum atomic E-state index is 10.3. The van der Waals surface area contributed by atoms with Crippen LogP contribution in [0.15, 0.2) is 0 Å². The lowest BCUT2D eigenvalue weighted by atomic mass is 9.96. The summed E-state index contributed by atoms with van der Waals surface area (Å²) >= 11 is 0. The monoisotopic (exact) mass is 620 g/mol. The van der Waals surface area contributed by atoms with Crippen LogP contribution in [0.3, 0.4) is 0 Å². The number of carboxylic acids is 9. The molecule has 0 atom stereocenters. The largest absolute Gasteiger partial charge is 0.481 e. The maximum absolute atomic E-state index is 10.3. The number of carbonyl (C=O) groups excluding carboxylic acids is 1. The van der Waals surface area contributed by atoms with Crippen molar-refractivity contribution in [1.29, 1.82) is 0 Å². The van der Waals surface area contributed by atoms with E-state index in [4.69, 9.17) is 66.1 Å². The Bertz CT molecular complexity index is 853. The average Bonchev–Trinajstić information content (AvgIpc) is 2.71. The summed E-state index contributed by atoms with van der Waals surface area (Å²) in [5.41, 5.74) is -8.22. The predicted octanol–water partition coefficient (Wildman–Crippen LogP) is -3.54. The first-order valence-corrected chi connectivity index (χ1v) is 10.3. The van der Waals surface area contributed by atoms with Crippen LogP contribution in [-0.4, -0.2) is 138 Å². The van der Waals surface area contributed by atoms with Crippen LogP contribution in [0.4, 0.5) is 0 Å². The molecule has 0 rings (SSSR count). The summed E-state index contributed by atoms with van der Waals surface area (Å²) < 4.78 is 0. The van der Waals surface area contributed by atoms with Crippen LogP contribution in [-0.2, 0) is 47.9 Å². The minimum absolute atomic E-state index is 0.750. The third kappa shape index (κ3) is 21.7. The third-order valence-electron chi connectivity index (χ3n) is 3.86. The lowest BCUT2D eigenvalue weighted by Crippen LogP contribution is -2.42. The highest BCUT2D eigenvalue weighted by Gasteiger charge is 2.42. The van der Waals surface area contributed by atoms with Crippen LogP contribution in [0.2, 0.25) is 0 Å². The lowest BCUT2D eigenvalue weighted by molar-refractivity contribution is -0.170. The van der Waals surface area contributed by atoms with Crippen LogP contribution in [0.1, 0.15) is 45.4 Å². The van der Waals surface area contributed by atoms with E-state index in [0.717, 1.165) is 6.29 Å². The Hall–Kier alpha value is -5.22. The number of carboxylic acid groups (broad SMARTS) is 9. The van der Waals surface area contributed by atoms with Gasteiger partial charge in [-0.25, -0.2) is 14.4 Å². The van der Waals surface area contributed by atoms with E-state index in [1.165, 1.54) is 6.92 Å². The molecule has 0 amide bonds. The van der Waals surface area contributed by atoms with Gasteiger partial charge in [-0.15, -0.1) is 0 Å². The summed E-state index contributed by atoms with van der Waals surface area (Å²) in [5, 5.41) is 101. The van der Waals surface area contributed by atoms with Crippen molar-refractivity contribution in [2.45, 2.75) is 62.3 Å². The predicted molar refractivity (Wildman–Crippen MR) is 123 cm³/mol. The van der Waals surface area contributed by atoms with Crippen LogP contribution < -0.4 is 0 Å². The van der Waals surface area contributed by atoms with Gasteiger partial charge in [-0.3, -0.25) is 28.8 Å². The van der Waals surface area contributed by atoms with Gasteiger partial charge in [-0.2, -0.15) is 0 Å². The van der Waals surface area contributed by atoms with Gasteiger partial charge in [0.25, 0.3) is 0 Å². The van der Waals surface area contributed by atoms with E-state index >= 15 is 0 Å². The number of carbonyl (C=O) groups is 10. The molecule has 0 bridgehead atoms. The molecule has 0 aliphatic heterocycles. The van der Waals surface area contributed by atoms with Gasteiger partial charge in [-0.1, -0.05) is 0 Å². The molecule has 0 aromatic carbocycles. The molecule has 0 aromatic heterocycles. The van der Waals surface area contributed by atoms with Crippen molar-refractivity contribution in [3.05, 3.63) is 0 Å². The van der Waals surface area contributed by atoms with Crippen molar-refractivity contribution in [2.75, 3.05) is 0 Å². The van der Waals surface area contributed by atoms with Crippen LogP contribution in [0.25, 0.3) is 0 Å². The molecule has 42 heavy (non-hydrogen) atoms.